The molecule has 1 aliphatic heterocycles. The van der Waals surface area contributed by atoms with Crippen molar-refractivity contribution in [3.63, 3.8) is 0 Å². The highest BCUT2D eigenvalue weighted by Gasteiger charge is 2.15. The molecule has 0 bridgehead atoms. The molecule has 3 nitrogen and oxygen atoms in total. The van der Waals surface area contributed by atoms with E-state index in [4.69, 9.17) is 15.2 Å². The van der Waals surface area contributed by atoms with Crippen molar-refractivity contribution >= 4 is 0 Å². The van der Waals surface area contributed by atoms with Gasteiger partial charge in [0.2, 0.25) is 0 Å². The van der Waals surface area contributed by atoms with Crippen molar-refractivity contribution in [3.8, 4) is 5.75 Å². The van der Waals surface area contributed by atoms with Crippen molar-refractivity contribution in [2.45, 2.75) is 45.3 Å². The highest BCUT2D eigenvalue weighted by atomic mass is 16.5. The van der Waals surface area contributed by atoms with Gasteiger partial charge in [0.25, 0.3) is 0 Å². The monoisotopic (exact) mass is 249 g/mol. The largest absolute Gasteiger partial charge is 0.491 e. The Balaban J connectivity index is 1.92. The first-order chi connectivity index (χ1) is 8.66. The number of hydrogen-bond acceptors (Lipinski definition) is 3. The summed E-state index contributed by atoms with van der Waals surface area (Å²) in [7, 11) is 0. The van der Waals surface area contributed by atoms with Crippen LogP contribution in [-0.4, -0.2) is 19.3 Å². The van der Waals surface area contributed by atoms with E-state index in [1.807, 2.05) is 19.1 Å². The van der Waals surface area contributed by atoms with Gasteiger partial charge in [-0.1, -0.05) is 12.1 Å². The van der Waals surface area contributed by atoms with E-state index in [2.05, 4.69) is 13.0 Å². The maximum Gasteiger partial charge on any atom is 0.122 e. The first kappa shape index (κ1) is 13.4. The lowest BCUT2D eigenvalue weighted by atomic mass is 10.1. The van der Waals surface area contributed by atoms with E-state index >= 15 is 0 Å². The van der Waals surface area contributed by atoms with E-state index < -0.39 is 0 Å². The normalized spacial score (nSPS) is 21.6. The Hall–Kier alpha value is -1.06. The minimum atomic E-state index is 0.0689. The summed E-state index contributed by atoms with van der Waals surface area (Å²) in [5.41, 5.74) is 8.15. The molecule has 18 heavy (non-hydrogen) atoms. The molecule has 3 heteroatoms. The Bertz CT molecular complexity index is 384. The van der Waals surface area contributed by atoms with Crippen LogP contribution in [0.15, 0.2) is 18.2 Å². The average molecular weight is 249 g/mol. The first-order valence-corrected chi connectivity index (χ1v) is 6.77. The Morgan fingerprint density at radius 3 is 2.89 bits per heavy atom. The number of hydrogen-bond donors (Lipinski definition) is 1. The zero-order valence-corrected chi connectivity index (χ0v) is 11.3. The third kappa shape index (κ3) is 3.47. The number of rotatable bonds is 4. The topological polar surface area (TPSA) is 44.5 Å². The van der Waals surface area contributed by atoms with Crippen LogP contribution in [0.1, 0.15) is 43.4 Å². The molecule has 100 valence electrons. The zero-order valence-electron chi connectivity index (χ0n) is 11.3. The fourth-order valence-electron chi connectivity index (χ4n) is 2.24. The fraction of sp³-hybridized carbons (Fsp3) is 0.600. The second-order valence-electron chi connectivity index (χ2n) is 5.11. The Labute approximate surface area is 109 Å². The molecule has 1 aromatic rings. The van der Waals surface area contributed by atoms with Gasteiger partial charge in [-0.2, -0.15) is 0 Å². The lowest BCUT2D eigenvalue weighted by Gasteiger charge is -2.23. The van der Waals surface area contributed by atoms with Crippen molar-refractivity contribution in [2.75, 3.05) is 13.2 Å². The summed E-state index contributed by atoms with van der Waals surface area (Å²) in [6, 6.07) is 6.22. The molecule has 0 spiro atoms. The predicted octanol–water partition coefficient (Wildman–Crippen LogP) is 2.96. The van der Waals surface area contributed by atoms with E-state index in [0.717, 1.165) is 29.9 Å². The molecule has 0 aliphatic carbocycles. The molecule has 1 unspecified atom stereocenters. The summed E-state index contributed by atoms with van der Waals surface area (Å²) < 4.78 is 11.5. The molecule has 0 aromatic heterocycles. The van der Waals surface area contributed by atoms with Crippen LogP contribution in [0.3, 0.4) is 0 Å². The van der Waals surface area contributed by atoms with E-state index in [0.29, 0.717) is 6.61 Å². The molecule has 0 amide bonds. The molecule has 1 heterocycles. The minimum absolute atomic E-state index is 0.0689. The number of benzene rings is 1. The highest BCUT2D eigenvalue weighted by Crippen LogP contribution is 2.23. The van der Waals surface area contributed by atoms with Crippen molar-refractivity contribution in [3.05, 3.63) is 29.3 Å². The SMILES string of the molecule is Cc1cc([C@@H](C)N)ccc1OCC1CCCCO1. The van der Waals surface area contributed by atoms with E-state index in [9.17, 15) is 0 Å². The van der Waals surface area contributed by atoms with Gasteiger partial charge in [0.15, 0.2) is 0 Å². The van der Waals surface area contributed by atoms with Gasteiger partial charge in [0, 0.05) is 12.6 Å². The summed E-state index contributed by atoms with van der Waals surface area (Å²) in [5.74, 6) is 0.938. The highest BCUT2D eigenvalue weighted by molar-refractivity contribution is 5.37. The van der Waals surface area contributed by atoms with Gasteiger partial charge in [-0.25, -0.2) is 0 Å². The van der Waals surface area contributed by atoms with Crippen molar-refractivity contribution < 1.29 is 9.47 Å². The van der Waals surface area contributed by atoms with Crippen molar-refractivity contribution in [1.29, 1.82) is 0 Å². The average Bonchev–Trinajstić information content (AvgIpc) is 2.38. The van der Waals surface area contributed by atoms with Crippen LogP contribution in [0.2, 0.25) is 0 Å². The molecule has 2 atom stereocenters. The molecule has 2 N–H and O–H groups in total. The number of nitrogens with two attached hydrogens (primary N) is 1. The van der Waals surface area contributed by atoms with Crippen molar-refractivity contribution in [2.24, 2.45) is 5.73 Å². The van der Waals surface area contributed by atoms with Crippen LogP contribution in [-0.2, 0) is 4.74 Å². The van der Waals surface area contributed by atoms with E-state index in [1.54, 1.807) is 0 Å². The van der Waals surface area contributed by atoms with E-state index in [-0.39, 0.29) is 12.1 Å². The van der Waals surface area contributed by atoms with Crippen LogP contribution in [0.5, 0.6) is 5.75 Å². The Morgan fingerprint density at radius 1 is 1.44 bits per heavy atom. The Morgan fingerprint density at radius 2 is 2.28 bits per heavy atom. The molecule has 1 aliphatic rings. The third-order valence-electron chi connectivity index (χ3n) is 3.42. The summed E-state index contributed by atoms with van der Waals surface area (Å²) in [6.07, 6.45) is 3.79. The minimum Gasteiger partial charge on any atom is -0.491 e. The van der Waals surface area contributed by atoms with Gasteiger partial charge in [-0.15, -0.1) is 0 Å². The standard InChI is InChI=1S/C15H23NO2/c1-11-9-13(12(2)16)6-7-15(11)18-10-14-5-3-4-8-17-14/h6-7,9,12,14H,3-5,8,10,16H2,1-2H3/t12-,14?/m1/s1. The fourth-order valence-corrected chi connectivity index (χ4v) is 2.24. The van der Waals surface area contributed by atoms with Crippen LogP contribution >= 0.6 is 0 Å². The molecule has 0 radical (unpaired) electrons. The van der Waals surface area contributed by atoms with Gasteiger partial charge >= 0.3 is 0 Å². The second-order valence-corrected chi connectivity index (χ2v) is 5.11. The molecule has 0 saturated carbocycles. The number of aryl methyl sites for hydroxylation is 1. The zero-order chi connectivity index (χ0) is 13.0. The van der Waals surface area contributed by atoms with Crippen LogP contribution in [0, 0.1) is 6.92 Å². The number of ether oxygens (including phenoxy) is 2. The summed E-state index contributed by atoms with van der Waals surface area (Å²) >= 11 is 0. The molecular weight excluding hydrogens is 226 g/mol. The maximum atomic E-state index is 5.86. The maximum absolute atomic E-state index is 5.86. The Kier molecular flexibility index (Phi) is 4.61. The van der Waals surface area contributed by atoms with Crippen molar-refractivity contribution in [1.82, 2.24) is 0 Å². The summed E-state index contributed by atoms with van der Waals surface area (Å²) in [6.45, 7) is 5.57. The van der Waals surface area contributed by atoms with Gasteiger partial charge < -0.3 is 15.2 Å². The van der Waals surface area contributed by atoms with Gasteiger partial charge in [-0.3, -0.25) is 0 Å². The molecule has 2 rings (SSSR count). The molecular formula is C15H23NO2. The predicted molar refractivity (Wildman–Crippen MR) is 72.9 cm³/mol. The quantitative estimate of drug-likeness (QED) is 0.892. The summed E-state index contributed by atoms with van der Waals surface area (Å²) in [5, 5.41) is 0. The summed E-state index contributed by atoms with van der Waals surface area (Å²) in [4.78, 5) is 0. The lowest BCUT2D eigenvalue weighted by molar-refractivity contribution is -0.0111. The van der Waals surface area contributed by atoms with Crippen LogP contribution in [0.25, 0.3) is 0 Å². The molecule has 1 saturated heterocycles. The lowest BCUT2D eigenvalue weighted by Crippen LogP contribution is -2.25. The molecule has 1 aromatic carbocycles. The van der Waals surface area contributed by atoms with Gasteiger partial charge in [0.1, 0.15) is 12.4 Å². The van der Waals surface area contributed by atoms with Gasteiger partial charge in [0.05, 0.1) is 6.10 Å². The molecule has 1 fully saturated rings. The van der Waals surface area contributed by atoms with Crippen LogP contribution in [0.4, 0.5) is 0 Å². The first-order valence-electron chi connectivity index (χ1n) is 6.77. The third-order valence-corrected chi connectivity index (χ3v) is 3.42. The van der Waals surface area contributed by atoms with Crippen LogP contribution < -0.4 is 10.5 Å². The van der Waals surface area contributed by atoms with Gasteiger partial charge in [-0.05, 0) is 50.3 Å². The second kappa shape index (κ2) is 6.21. The smallest absolute Gasteiger partial charge is 0.122 e. The van der Waals surface area contributed by atoms with E-state index in [1.165, 1.54) is 12.8 Å².